The van der Waals surface area contributed by atoms with Crippen molar-refractivity contribution in [2.24, 2.45) is 0 Å². The number of hydrogen-bond donors (Lipinski definition) is 1. The molecule has 3 fully saturated rings. The number of pyridine rings is 3. The summed E-state index contributed by atoms with van der Waals surface area (Å²) in [5, 5.41) is 2.77. The van der Waals surface area contributed by atoms with Crippen molar-refractivity contribution in [2.45, 2.75) is 85.9 Å². The van der Waals surface area contributed by atoms with Crippen molar-refractivity contribution in [2.75, 3.05) is 41.7 Å². The minimum atomic E-state index is -4.00. The number of carbonyl (C=O) groups is 2. The van der Waals surface area contributed by atoms with E-state index in [4.69, 9.17) is 9.47 Å². The monoisotopic (exact) mass is 1790 g/mol. The second kappa shape index (κ2) is 57.3. The summed E-state index contributed by atoms with van der Waals surface area (Å²) < 4.78 is 64.4. The van der Waals surface area contributed by atoms with Gasteiger partial charge in [0.1, 0.15) is 13.2 Å². The molecule has 1 N–H and O–H groups in total. The van der Waals surface area contributed by atoms with Crippen molar-refractivity contribution in [3.8, 4) is 0 Å². The maximum Gasteiger partial charge on any atom is 1.00 e. The van der Waals surface area contributed by atoms with E-state index in [9.17, 15) is 31.2 Å². The Bertz CT molecular complexity index is 2040. The van der Waals surface area contributed by atoms with Gasteiger partial charge in [0.2, 0.25) is 0 Å². The first-order valence-corrected chi connectivity index (χ1v) is 31.3. The summed E-state index contributed by atoms with van der Waals surface area (Å²) >= 11 is 13.4. The Morgan fingerprint density at radius 3 is 1.23 bits per heavy atom. The van der Waals surface area contributed by atoms with Crippen molar-refractivity contribution in [1.82, 2.24) is 30.1 Å². The first-order valence-electron chi connectivity index (χ1n) is 21.9. The second-order valence-electron chi connectivity index (χ2n) is 13.5. The summed E-state index contributed by atoms with van der Waals surface area (Å²) in [4.78, 5) is 42.0. The van der Waals surface area contributed by atoms with Crippen LogP contribution in [0.1, 0.15) is 83.8 Å². The Kier molecular flexibility index (Phi) is 66.0. The molecule has 12 nitrogen and oxygen atoms in total. The fourth-order valence-electron chi connectivity index (χ4n) is 5.19. The number of likely N-dealkylation sites (tertiary alicyclic amines) is 2. The maximum absolute atomic E-state index is 11.9. The molecule has 5 aromatic rings. The summed E-state index contributed by atoms with van der Waals surface area (Å²) in [7, 11) is -2.10. The molecule has 0 saturated carbocycles. The van der Waals surface area contributed by atoms with E-state index in [1.165, 1.54) is 13.0 Å². The van der Waals surface area contributed by atoms with Crippen LogP contribution in [0.15, 0.2) is 140 Å². The van der Waals surface area contributed by atoms with Gasteiger partial charge in [0.05, 0.1) is 2.43 Å². The Morgan fingerprint density at radius 1 is 0.653 bits per heavy atom. The zero-order valence-corrected chi connectivity index (χ0v) is 58.8. The van der Waals surface area contributed by atoms with E-state index in [0.29, 0.717) is 31.5 Å². The molecule has 0 unspecified atom stereocenters. The fourth-order valence-corrected chi connectivity index (χ4v) is 5.79. The number of rotatable bonds is 7. The molecule has 24 heteroatoms. The maximum atomic E-state index is 11.9. The molecule has 2 aromatic carbocycles. The molecule has 75 heavy (non-hydrogen) atoms. The third kappa shape index (κ3) is 47.4. The number of nitrogens with zero attached hydrogens (tertiary/aromatic N) is 5. The minimum Gasteiger partial charge on any atom is -0.445 e. The van der Waals surface area contributed by atoms with Gasteiger partial charge < -0.3 is 55.6 Å². The Morgan fingerprint density at radius 2 is 0.960 bits per heavy atom. The van der Waals surface area contributed by atoms with E-state index in [1.54, 1.807) is 23.5 Å². The number of nitrogens with one attached hydrogen (secondary N) is 1. The number of amides is 2. The Balaban J connectivity index is -0.000000196. The van der Waals surface area contributed by atoms with Gasteiger partial charge in [-0.2, -0.15) is 13.2 Å². The first-order chi connectivity index (χ1) is 34.1. The smallest absolute Gasteiger partial charge is 0.445 e. The fraction of sp³-hybridized carbons (Fsp3) is 0.412. The average Bonchev–Trinajstić information content (AvgIpc) is 3.33. The standard InChI is InChI=1S/C16H16N2O2.C11H12NO4S.C8H10N2.C5H5N.C2H3F3.2C2H6.CHI3.CH2I2.CH2I.2CH4.Na.V/c19-16(20-12-13-6-2-1-3-7-13)18-10-14(11-18)15-8-4-5-9-17-15;13-11(12-6-10(7-12)17(14)15)16-8-9-4-2-1-3-5-9;1-2-4-10-8(3-1)7-5-9-6-7;1-2-4-6-5-3-1;1-2(3,4)5;2*1-2;2-1(3)4;2-1-3;1-2;;;;/h1-9,14H,10-12H2;1-5,10H,6-8H2;1-4,7,9H,5-6H2;1-5H;1H3;2*1-2H3;1H;1H2;1H2;2*1H4;;/q;-1;;;;;;;;-1;;;+1;. The van der Waals surface area contributed by atoms with E-state index >= 15 is 0 Å². The molecule has 0 spiro atoms. The van der Waals surface area contributed by atoms with Crippen LogP contribution in [0.25, 0.3) is 0 Å². The van der Waals surface area contributed by atoms with Gasteiger partial charge in [0, 0.05) is 113 Å². The second-order valence-corrected chi connectivity index (χ2v) is 30.0. The first kappa shape index (κ1) is 86.4. The number of aromatic nitrogens is 3. The van der Waals surface area contributed by atoms with Crippen molar-refractivity contribution < 1.29 is 88.8 Å². The summed E-state index contributed by atoms with van der Waals surface area (Å²) in [6.07, 6.45) is 2.43. The predicted octanol–water partition coefficient (Wildman–Crippen LogP) is 13.5. The van der Waals surface area contributed by atoms with Crippen molar-refractivity contribution in [3.05, 3.63) is 167 Å². The molecule has 0 aliphatic carbocycles. The minimum absolute atomic E-state index is 0. The van der Waals surface area contributed by atoms with E-state index in [-0.39, 0.29) is 95.7 Å². The predicted molar refractivity (Wildman–Crippen MR) is 346 cm³/mol. The van der Waals surface area contributed by atoms with Crippen LogP contribution in [0.2, 0.25) is 0 Å². The quantitative estimate of drug-likeness (QED) is 0.0550. The van der Waals surface area contributed by atoms with E-state index in [0.717, 1.165) is 29.8 Å². The van der Waals surface area contributed by atoms with Gasteiger partial charge in [0.15, 0.2) is 0 Å². The average molecular weight is 1790 g/mol. The van der Waals surface area contributed by atoms with E-state index in [1.807, 2.05) is 166 Å². The Labute approximate surface area is 564 Å². The molecule has 8 rings (SSSR count). The zero-order valence-electron chi connectivity index (χ0n) is 41.6. The van der Waals surface area contributed by atoms with Gasteiger partial charge >= 0.3 is 47.9 Å². The number of ether oxygens (including phenoxy) is 2. The van der Waals surface area contributed by atoms with E-state index < -0.39 is 28.2 Å². The number of hydrogen-bond acceptors (Lipinski definition) is 11. The molecule has 3 aliphatic rings. The molecule has 417 valence electrons. The van der Waals surface area contributed by atoms with Crippen molar-refractivity contribution >= 4 is 158 Å². The molecule has 0 atom stereocenters. The molecule has 1 radical (unpaired) electrons. The normalized spacial score (nSPS) is 12.3. The van der Waals surface area contributed by atoms with Gasteiger partial charge in [-0.3, -0.25) is 19.9 Å². The van der Waals surface area contributed by atoms with Crippen molar-refractivity contribution in [3.63, 3.8) is 0 Å². The number of alkyl halides is 8. The van der Waals surface area contributed by atoms with Crippen LogP contribution in [0.3, 0.4) is 0 Å². The Hall–Kier alpha value is 0.0944. The summed E-state index contributed by atoms with van der Waals surface area (Å²) in [5.74, 6) is 1.00. The van der Waals surface area contributed by atoms with Crippen LogP contribution in [0, 0.1) is 4.93 Å². The van der Waals surface area contributed by atoms with Crippen LogP contribution in [0.4, 0.5) is 22.8 Å². The molecular formula is C51H71F3I6N6NaO6SV-. The molecule has 6 heterocycles. The SMILES string of the molecule is C.C.CC.CC.CC(F)(F)F.IC(I)I.ICI.O=C(OCc1ccccc1)N1CC([S-](=O)=O)C1.O=C(OCc1ccccc1)N1CC(c2ccccn2)C1.[CH2-]I.[Na+].[V].c1ccc(C2CNC2)nc1.c1ccncc1. The topological polar surface area (TPSA) is 144 Å². The summed E-state index contributed by atoms with van der Waals surface area (Å²) in [6.45, 7) is 12.7. The van der Waals surface area contributed by atoms with Crippen LogP contribution >= 0.6 is 136 Å². The van der Waals surface area contributed by atoms with Gasteiger partial charge in [0.25, 0.3) is 0 Å². The zero-order chi connectivity index (χ0) is 53.9. The van der Waals surface area contributed by atoms with Gasteiger partial charge in [-0.05, 0) is 52.8 Å². The van der Waals surface area contributed by atoms with Gasteiger partial charge in [-0.25, -0.2) is 9.59 Å². The molecular weight excluding hydrogens is 1720 g/mol. The molecule has 0 bridgehead atoms. The molecule has 3 aromatic heterocycles. The van der Waals surface area contributed by atoms with E-state index in [2.05, 4.69) is 144 Å². The third-order valence-corrected chi connectivity index (χ3v) is 9.33. The number of carbonyl (C=O) groups excluding carboxylic acids is 2. The van der Waals surface area contributed by atoms with Crippen LogP contribution in [-0.2, 0) is 60.4 Å². The number of benzene rings is 2. The van der Waals surface area contributed by atoms with Crippen LogP contribution < -0.4 is 34.9 Å². The largest absolute Gasteiger partial charge is 1.00 e. The summed E-state index contributed by atoms with van der Waals surface area (Å²) in [5.41, 5.74) is 4.17. The molecule has 3 saturated heterocycles. The summed E-state index contributed by atoms with van der Waals surface area (Å²) in [6, 6.07) is 36.7. The number of halogens is 9. The third-order valence-electron chi connectivity index (χ3n) is 8.49. The van der Waals surface area contributed by atoms with Gasteiger partial charge in [-0.15, -0.1) is 0 Å². The molecule has 3 aliphatic heterocycles. The molecule has 2 amide bonds. The van der Waals surface area contributed by atoms with Crippen LogP contribution in [-0.4, -0.2) is 90.0 Å². The van der Waals surface area contributed by atoms with Crippen molar-refractivity contribution in [1.29, 1.82) is 0 Å². The van der Waals surface area contributed by atoms with Gasteiger partial charge in [-0.1, -0.05) is 245 Å². The van der Waals surface area contributed by atoms with Crippen LogP contribution in [0.5, 0.6) is 0 Å².